The maximum Gasteiger partial charge on any atom is 0.407 e. The molecule has 0 aromatic heterocycles. The minimum absolute atomic E-state index is 0.0411. The minimum atomic E-state index is -0.538. The number of carbonyl (C=O) groups excluding carboxylic acids is 3. The van der Waals surface area contributed by atoms with Gasteiger partial charge in [-0.15, -0.1) is 0 Å². The van der Waals surface area contributed by atoms with Gasteiger partial charge in [-0.2, -0.15) is 0 Å². The van der Waals surface area contributed by atoms with Gasteiger partial charge in [0.1, 0.15) is 5.60 Å². The highest BCUT2D eigenvalue weighted by atomic mass is 16.6. The van der Waals surface area contributed by atoms with Gasteiger partial charge in [-0.05, 0) is 51.9 Å². The molecule has 0 saturated heterocycles. The Morgan fingerprint density at radius 3 is 1.92 bits per heavy atom. The highest BCUT2D eigenvalue weighted by molar-refractivity contribution is 5.81. The average molecular weight is 556 g/mol. The molecule has 3 N–H and O–H groups in total. The quantitative estimate of drug-likeness (QED) is 0.134. The van der Waals surface area contributed by atoms with Gasteiger partial charge in [-0.25, -0.2) is 4.79 Å². The van der Waals surface area contributed by atoms with Gasteiger partial charge < -0.3 is 30.2 Å². The highest BCUT2D eigenvalue weighted by Crippen LogP contribution is 2.23. The predicted molar refractivity (Wildman–Crippen MR) is 157 cm³/mol. The Balaban J connectivity index is 3.88. The fourth-order valence-corrected chi connectivity index (χ4v) is 3.61. The van der Waals surface area contributed by atoms with Crippen molar-refractivity contribution in [2.24, 2.45) is 10.8 Å². The molecule has 0 unspecified atom stereocenters. The summed E-state index contributed by atoms with van der Waals surface area (Å²) in [7, 11) is 0. The van der Waals surface area contributed by atoms with Crippen molar-refractivity contribution in [3.05, 3.63) is 12.2 Å². The molecule has 0 rings (SSSR count). The Hall–Kier alpha value is -2.13. The second-order valence-corrected chi connectivity index (χ2v) is 12.4. The van der Waals surface area contributed by atoms with Gasteiger partial charge >= 0.3 is 6.09 Å². The van der Waals surface area contributed by atoms with Crippen LogP contribution in [-0.2, 0) is 23.8 Å². The van der Waals surface area contributed by atoms with Gasteiger partial charge in [0, 0.05) is 31.5 Å². The first-order chi connectivity index (χ1) is 18.2. The monoisotopic (exact) mass is 555 g/mol. The number of hydrogen-bond donors (Lipinski definition) is 3. The Morgan fingerprint density at radius 1 is 0.744 bits per heavy atom. The first-order valence-corrected chi connectivity index (χ1v) is 14.5. The topological polar surface area (TPSA) is 115 Å². The van der Waals surface area contributed by atoms with Crippen molar-refractivity contribution in [2.75, 3.05) is 46.1 Å². The first-order valence-electron chi connectivity index (χ1n) is 14.5. The Bertz CT molecular complexity index is 729. The summed E-state index contributed by atoms with van der Waals surface area (Å²) in [6.07, 6.45) is 10.7. The number of alkyl carbamates (subject to hydrolysis) is 1. The minimum Gasteiger partial charge on any atom is -0.444 e. The Kier molecular flexibility index (Phi) is 18.8. The maximum atomic E-state index is 12.5. The summed E-state index contributed by atoms with van der Waals surface area (Å²) in [6, 6.07) is 0. The van der Waals surface area contributed by atoms with Crippen molar-refractivity contribution in [1.29, 1.82) is 0 Å². The third-order valence-electron chi connectivity index (χ3n) is 5.83. The molecular weight excluding hydrogens is 498 g/mol. The lowest BCUT2D eigenvalue weighted by Gasteiger charge is -2.24. The van der Waals surface area contributed by atoms with E-state index in [4.69, 9.17) is 14.2 Å². The summed E-state index contributed by atoms with van der Waals surface area (Å²) >= 11 is 0. The molecule has 0 aliphatic rings. The molecule has 0 heterocycles. The number of nitrogens with one attached hydrogen (secondary N) is 3. The average Bonchev–Trinajstić information content (AvgIpc) is 2.80. The molecule has 0 bridgehead atoms. The summed E-state index contributed by atoms with van der Waals surface area (Å²) in [5.74, 6) is -0.0335. The smallest absolute Gasteiger partial charge is 0.407 e. The molecule has 3 amide bonds. The maximum absolute atomic E-state index is 12.5. The Labute approximate surface area is 237 Å². The molecule has 0 aliphatic carbocycles. The molecule has 0 saturated carbocycles. The number of amides is 3. The van der Waals surface area contributed by atoms with E-state index >= 15 is 0 Å². The van der Waals surface area contributed by atoms with Crippen LogP contribution in [-0.4, -0.2) is 69.6 Å². The number of allylic oxidation sites excluding steroid dienone is 2. The molecule has 228 valence electrons. The van der Waals surface area contributed by atoms with Gasteiger partial charge in [0.2, 0.25) is 11.8 Å². The zero-order chi connectivity index (χ0) is 29.8. The van der Waals surface area contributed by atoms with E-state index in [0.29, 0.717) is 52.5 Å². The number of ether oxygens (including phenoxy) is 3. The summed E-state index contributed by atoms with van der Waals surface area (Å²) < 4.78 is 16.4. The number of hydrogen-bond acceptors (Lipinski definition) is 6. The van der Waals surface area contributed by atoms with Gasteiger partial charge in [-0.1, -0.05) is 59.6 Å². The van der Waals surface area contributed by atoms with Crippen molar-refractivity contribution < 1.29 is 28.6 Å². The van der Waals surface area contributed by atoms with E-state index in [9.17, 15) is 14.4 Å². The summed E-state index contributed by atoms with van der Waals surface area (Å²) in [6.45, 7) is 18.2. The van der Waals surface area contributed by atoms with E-state index in [0.717, 1.165) is 25.7 Å². The van der Waals surface area contributed by atoms with E-state index in [1.807, 2.05) is 27.7 Å². The number of unbranched alkanes of at least 4 members (excludes halogenated alkanes) is 3. The van der Waals surface area contributed by atoms with Crippen molar-refractivity contribution >= 4 is 17.9 Å². The van der Waals surface area contributed by atoms with Crippen LogP contribution in [0.5, 0.6) is 0 Å². The van der Waals surface area contributed by atoms with E-state index in [-0.39, 0.29) is 17.2 Å². The standard InChI is InChI=1S/C30H57N3O6/c1-9-10-11-12-13-14-15-16-30(7,8)26(35)32-18-21-37-20-17-31-25(34)23-29(5,6)24-38-22-19-33-27(36)39-28(2,3)4/h12-13H,9-11,14-24H2,1-8H3,(H,31,34)(H,32,35)(H,33,36)/b13-12-. The van der Waals surface area contributed by atoms with Gasteiger partial charge in [0.15, 0.2) is 0 Å². The molecule has 0 aromatic carbocycles. The fourth-order valence-electron chi connectivity index (χ4n) is 3.61. The molecular formula is C30H57N3O6. The van der Waals surface area contributed by atoms with Crippen LogP contribution in [0.25, 0.3) is 0 Å². The lowest BCUT2D eigenvalue weighted by Crippen LogP contribution is -2.39. The van der Waals surface area contributed by atoms with Crippen LogP contribution >= 0.6 is 0 Å². The van der Waals surface area contributed by atoms with Crippen LogP contribution in [0.2, 0.25) is 0 Å². The van der Waals surface area contributed by atoms with Crippen LogP contribution < -0.4 is 16.0 Å². The molecule has 39 heavy (non-hydrogen) atoms. The third kappa shape index (κ3) is 22.4. The zero-order valence-corrected chi connectivity index (χ0v) is 26.0. The second kappa shape index (κ2) is 19.9. The first kappa shape index (κ1) is 36.9. The van der Waals surface area contributed by atoms with Crippen LogP contribution in [0, 0.1) is 10.8 Å². The van der Waals surface area contributed by atoms with E-state index < -0.39 is 17.1 Å². The molecule has 9 nitrogen and oxygen atoms in total. The molecule has 9 heteroatoms. The van der Waals surface area contributed by atoms with Crippen molar-refractivity contribution in [1.82, 2.24) is 16.0 Å². The normalized spacial score (nSPS) is 12.4. The molecule has 0 aromatic rings. The van der Waals surface area contributed by atoms with E-state index in [1.54, 1.807) is 20.8 Å². The van der Waals surface area contributed by atoms with Crippen LogP contribution in [0.15, 0.2) is 12.2 Å². The van der Waals surface area contributed by atoms with Crippen LogP contribution in [0.4, 0.5) is 4.79 Å². The summed E-state index contributed by atoms with van der Waals surface area (Å²) in [5, 5.41) is 8.45. The van der Waals surface area contributed by atoms with E-state index in [2.05, 4.69) is 35.0 Å². The second-order valence-electron chi connectivity index (χ2n) is 12.4. The van der Waals surface area contributed by atoms with Gasteiger partial charge in [0.25, 0.3) is 0 Å². The van der Waals surface area contributed by atoms with E-state index in [1.165, 1.54) is 12.8 Å². The zero-order valence-electron chi connectivity index (χ0n) is 26.0. The summed E-state index contributed by atoms with van der Waals surface area (Å²) in [4.78, 5) is 36.4. The largest absolute Gasteiger partial charge is 0.444 e. The number of carbonyl (C=O) groups is 3. The molecule has 0 radical (unpaired) electrons. The highest BCUT2D eigenvalue weighted by Gasteiger charge is 2.26. The van der Waals surface area contributed by atoms with Gasteiger partial charge in [0.05, 0.1) is 26.4 Å². The van der Waals surface area contributed by atoms with Crippen LogP contribution in [0.1, 0.15) is 100 Å². The summed E-state index contributed by atoms with van der Waals surface area (Å²) in [5.41, 5.74) is -1.29. The molecule has 0 aliphatic heterocycles. The van der Waals surface area contributed by atoms with Gasteiger partial charge in [-0.3, -0.25) is 9.59 Å². The lowest BCUT2D eigenvalue weighted by molar-refractivity contribution is -0.130. The number of rotatable bonds is 21. The van der Waals surface area contributed by atoms with Crippen molar-refractivity contribution in [3.8, 4) is 0 Å². The third-order valence-corrected chi connectivity index (χ3v) is 5.83. The Morgan fingerprint density at radius 2 is 1.31 bits per heavy atom. The van der Waals surface area contributed by atoms with Crippen LogP contribution in [0.3, 0.4) is 0 Å². The molecule has 0 atom stereocenters. The van der Waals surface area contributed by atoms with Crippen molar-refractivity contribution in [2.45, 2.75) is 106 Å². The molecule has 0 spiro atoms. The predicted octanol–water partition coefficient (Wildman–Crippen LogP) is 5.14. The molecule has 0 fully saturated rings. The fraction of sp³-hybridized carbons (Fsp3) is 0.833. The lowest BCUT2D eigenvalue weighted by atomic mass is 9.86. The SMILES string of the molecule is CCCC/C=C\CCCC(C)(C)C(=O)NCCOCCNC(=O)CC(C)(C)COCCNC(=O)OC(C)(C)C. The van der Waals surface area contributed by atoms with Crippen molar-refractivity contribution in [3.63, 3.8) is 0 Å².